The number of nitrogens with one attached hydrogen (secondary N) is 1. The van der Waals surface area contributed by atoms with Gasteiger partial charge in [0.25, 0.3) is 0 Å². The van der Waals surface area contributed by atoms with Crippen LogP contribution in [0, 0.1) is 45.3 Å². The van der Waals surface area contributed by atoms with E-state index in [9.17, 15) is 15.8 Å². The summed E-state index contributed by atoms with van der Waals surface area (Å²) in [5.74, 6) is 0.0652. The summed E-state index contributed by atoms with van der Waals surface area (Å²) in [6.07, 6.45) is 1.90. The highest BCUT2D eigenvalue weighted by atomic mass is 16.5. The molecule has 0 saturated heterocycles. The molecule has 0 saturated carbocycles. The van der Waals surface area contributed by atoms with Gasteiger partial charge >= 0.3 is 0 Å². The van der Waals surface area contributed by atoms with E-state index in [2.05, 4.69) is 23.5 Å². The van der Waals surface area contributed by atoms with E-state index in [0.717, 1.165) is 5.57 Å². The molecule has 0 spiro atoms. The minimum absolute atomic E-state index is 0.00530. The Bertz CT molecular complexity index is 944. The van der Waals surface area contributed by atoms with Gasteiger partial charge < -0.3 is 20.5 Å². The van der Waals surface area contributed by atoms with Crippen molar-refractivity contribution in [2.75, 3.05) is 27.3 Å². The lowest BCUT2D eigenvalue weighted by Crippen LogP contribution is -2.47. The number of fused-ring (bicyclic) bond motifs is 1. The third kappa shape index (κ3) is 2.51. The number of hydrogen-bond donors (Lipinski definition) is 2. The summed E-state index contributed by atoms with van der Waals surface area (Å²) in [5.41, 5.74) is 6.22. The number of nitriles is 3. The second-order valence-corrected chi connectivity index (χ2v) is 6.42. The molecule has 1 aliphatic heterocycles. The second-order valence-electron chi connectivity index (χ2n) is 6.42. The van der Waals surface area contributed by atoms with Crippen LogP contribution in [0.5, 0.6) is 11.5 Å². The highest BCUT2D eigenvalue weighted by molar-refractivity contribution is 5.62. The van der Waals surface area contributed by atoms with E-state index in [-0.39, 0.29) is 17.2 Å². The molecule has 136 valence electrons. The van der Waals surface area contributed by atoms with Crippen LogP contribution < -0.4 is 20.5 Å². The summed E-state index contributed by atoms with van der Waals surface area (Å²) >= 11 is 0. The first-order chi connectivity index (χ1) is 13.1. The molecule has 0 aromatic heterocycles. The molecule has 1 aromatic rings. The summed E-state index contributed by atoms with van der Waals surface area (Å²) < 4.78 is 11.0. The van der Waals surface area contributed by atoms with Gasteiger partial charge in [0, 0.05) is 30.5 Å². The highest BCUT2D eigenvalue weighted by Gasteiger charge is 2.54. The van der Waals surface area contributed by atoms with Crippen LogP contribution in [0.1, 0.15) is 11.5 Å². The van der Waals surface area contributed by atoms with Crippen LogP contribution in [0.15, 0.2) is 41.1 Å². The van der Waals surface area contributed by atoms with Gasteiger partial charge in [-0.2, -0.15) is 15.8 Å². The average Bonchev–Trinajstić information content (AvgIpc) is 2.72. The van der Waals surface area contributed by atoms with Gasteiger partial charge in [-0.3, -0.25) is 0 Å². The number of ether oxygens (including phenoxy) is 2. The van der Waals surface area contributed by atoms with Crippen molar-refractivity contribution < 1.29 is 9.47 Å². The molecular formula is C20H19N5O2. The standard InChI is InChI=1S/C20H19N5O2/c1-26-16-5-3-4-13(18(16)27-2)17-15-9-25-7-6-12(15)14(8-21)19(24)20(17,10-22)11-23/h3-6,15,17,25H,7,9,24H2,1-2H3. The number of para-hydroxylation sites is 1. The fourth-order valence-electron chi connectivity index (χ4n) is 4.11. The topological polar surface area (TPSA) is 128 Å². The number of nitrogens with two attached hydrogens (primary N) is 1. The SMILES string of the molecule is COc1cccc(C2C3CNCC=C3C(C#N)=C(N)C2(C#N)C#N)c1OC. The predicted molar refractivity (Wildman–Crippen MR) is 97.2 cm³/mol. The molecule has 0 bridgehead atoms. The smallest absolute Gasteiger partial charge is 0.191 e. The van der Waals surface area contributed by atoms with Crippen LogP contribution in [0.2, 0.25) is 0 Å². The molecule has 2 unspecified atom stereocenters. The molecule has 2 atom stereocenters. The highest BCUT2D eigenvalue weighted by Crippen LogP contribution is 2.56. The molecule has 3 rings (SSSR count). The molecule has 0 amide bonds. The van der Waals surface area contributed by atoms with E-state index in [1.807, 2.05) is 12.1 Å². The second kappa shape index (κ2) is 7.03. The van der Waals surface area contributed by atoms with Crippen molar-refractivity contribution in [3.05, 3.63) is 46.7 Å². The Balaban J connectivity index is 2.38. The number of methoxy groups -OCH3 is 2. The summed E-state index contributed by atoms with van der Waals surface area (Å²) in [6.45, 7) is 1.11. The summed E-state index contributed by atoms with van der Waals surface area (Å²) in [6, 6.07) is 11.7. The Hall–Kier alpha value is -3.47. The monoisotopic (exact) mass is 361 g/mol. The lowest BCUT2D eigenvalue weighted by atomic mass is 9.58. The zero-order valence-corrected chi connectivity index (χ0v) is 15.1. The van der Waals surface area contributed by atoms with E-state index in [1.54, 1.807) is 12.1 Å². The minimum Gasteiger partial charge on any atom is -0.493 e. The first-order valence-corrected chi connectivity index (χ1v) is 8.44. The van der Waals surface area contributed by atoms with E-state index >= 15 is 0 Å². The maximum Gasteiger partial charge on any atom is 0.191 e. The fraction of sp³-hybridized carbons (Fsp3) is 0.350. The van der Waals surface area contributed by atoms with E-state index in [1.165, 1.54) is 14.2 Å². The lowest BCUT2D eigenvalue weighted by molar-refractivity contribution is 0.305. The van der Waals surface area contributed by atoms with Gasteiger partial charge in [0.15, 0.2) is 16.9 Å². The minimum atomic E-state index is -1.69. The first-order valence-electron chi connectivity index (χ1n) is 8.44. The van der Waals surface area contributed by atoms with Crippen LogP contribution >= 0.6 is 0 Å². The van der Waals surface area contributed by atoms with Crippen molar-refractivity contribution in [1.29, 1.82) is 15.8 Å². The van der Waals surface area contributed by atoms with Gasteiger partial charge in [0.05, 0.1) is 37.6 Å². The van der Waals surface area contributed by atoms with Gasteiger partial charge in [0.1, 0.15) is 6.07 Å². The number of allylic oxidation sites excluding steroid dienone is 2. The van der Waals surface area contributed by atoms with Crippen molar-refractivity contribution in [3.8, 4) is 29.7 Å². The normalized spacial score (nSPS) is 23.1. The van der Waals surface area contributed by atoms with Gasteiger partial charge in [-0.15, -0.1) is 0 Å². The van der Waals surface area contributed by atoms with Crippen molar-refractivity contribution in [2.45, 2.75) is 5.92 Å². The molecule has 7 heteroatoms. The summed E-state index contributed by atoms with van der Waals surface area (Å²) in [4.78, 5) is 0. The zero-order valence-electron chi connectivity index (χ0n) is 15.1. The van der Waals surface area contributed by atoms with E-state index in [4.69, 9.17) is 15.2 Å². The van der Waals surface area contributed by atoms with Crippen LogP contribution in [0.25, 0.3) is 0 Å². The number of benzene rings is 1. The first kappa shape index (κ1) is 18.3. The lowest BCUT2D eigenvalue weighted by Gasteiger charge is -2.43. The van der Waals surface area contributed by atoms with Crippen LogP contribution in [-0.2, 0) is 0 Å². The van der Waals surface area contributed by atoms with Crippen LogP contribution in [-0.4, -0.2) is 27.3 Å². The molecule has 1 aliphatic carbocycles. The molecule has 0 fully saturated rings. The Morgan fingerprint density at radius 2 is 1.93 bits per heavy atom. The maximum atomic E-state index is 10.0. The van der Waals surface area contributed by atoms with E-state index in [0.29, 0.717) is 30.2 Å². The largest absolute Gasteiger partial charge is 0.493 e. The fourth-order valence-corrected chi connectivity index (χ4v) is 4.11. The maximum absolute atomic E-state index is 10.0. The molecule has 0 radical (unpaired) electrons. The van der Waals surface area contributed by atoms with Gasteiger partial charge in [-0.05, 0) is 11.6 Å². The zero-order chi connectivity index (χ0) is 19.6. The average molecular weight is 361 g/mol. The third-order valence-electron chi connectivity index (χ3n) is 5.31. The molecule has 3 N–H and O–H groups in total. The van der Waals surface area contributed by atoms with Crippen molar-refractivity contribution in [2.24, 2.45) is 17.1 Å². The third-order valence-corrected chi connectivity index (χ3v) is 5.31. The Morgan fingerprint density at radius 3 is 2.52 bits per heavy atom. The molecule has 2 aliphatic rings. The molecule has 27 heavy (non-hydrogen) atoms. The van der Waals surface area contributed by atoms with Crippen LogP contribution in [0.3, 0.4) is 0 Å². The number of hydrogen-bond acceptors (Lipinski definition) is 7. The van der Waals surface area contributed by atoms with Crippen molar-refractivity contribution in [1.82, 2.24) is 5.32 Å². The Labute approximate surface area is 157 Å². The number of rotatable bonds is 3. The van der Waals surface area contributed by atoms with Crippen LogP contribution in [0.4, 0.5) is 0 Å². The number of nitrogens with zero attached hydrogens (tertiary/aromatic N) is 3. The molecule has 7 nitrogen and oxygen atoms in total. The van der Waals surface area contributed by atoms with Gasteiger partial charge in [-0.1, -0.05) is 18.2 Å². The molecular weight excluding hydrogens is 342 g/mol. The predicted octanol–water partition coefficient (Wildman–Crippen LogP) is 1.72. The van der Waals surface area contributed by atoms with Gasteiger partial charge in [0.2, 0.25) is 0 Å². The Kier molecular flexibility index (Phi) is 4.77. The van der Waals surface area contributed by atoms with Crippen molar-refractivity contribution >= 4 is 0 Å². The summed E-state index contributed by atoms with van der Waals surface area (Å²) in [5, 5.41) is 33.0. The van der Waals surface area contributed by atoms with Gasteiger partial charge in [-0.25, -0.2) is 0 Å². The quantitative estimate of drug-likeness (QED) is 0.838. The van der Waals surface area contributed by atoms with E-state index < -0.39 is 11.3 Å². The molecule has 1 heterocycles. The molecule has 1 aromatic carbocycles. The Morgan fingerprint density at radius 1 is 1.19 bits per heavy atom. The summed E-state index contributed by atoms with van der Waals surface area (Å²) in [7, 11) is 3.04. The van der Waals surface area contributed by atoms with Crippen molar-refractivity contribution in [3.63, 3.8) is 0 Å².